The first kappa shape index (κ1) is 10.9. The highest BCUT2D eigenvalue weighted by Crippen LogP contribution is 2.22. The molecule has 0 fully saturated rings. The molecule has 0 atom stereocenters. The van der Waals surface area contributed by atoms with Crippen LogP contribution in [0.15, 0.2) is 16.6 Å². The van der Waals surface area contributed by atoms with Crippen LogP contribution in [-0.4, -0.2) is 16.9 Å². The van der Waals surface area contributed by atoms with Crippen molar-refractivity contribution < 1.29 is 14.7 Å². The zero-order valence-corrected chi connectivity index (χ0v) is 9.38. The zero-order valence-electron chi connectivity index (χ0n) is 7.80. The average molecular weight is 257 g/mol. The number of hydrogen-bond acceptors (Lipinski definition) is 2. The maximum absolute atomic E-state index is 11.2. The minimum atomic E-state index is -1.03. The van der Waals surface area contributed by atoms with E-state index in [9.17, 15) is 9.59 Å². The first-order valence-electron chi connectivity index (χ1n) is 3.98. The molecule has 0 bridgehead atoms. The van der Waals surface area contributed by atoms with Crippen molar-refractivity contribution in [3.05, 3.63) is 33.3 Å². The highest BCUT2D eigenvalue weighted by atomic mass is 79.9. The van der Waals surface area contributed by atoms with E-state index in [1.165, 1.54) is 19.1 Å². The van der Waals surface area contributed by atoms with Crippen LogP contribution >= 0.6 is 15.9 Å². The lowest BCUT2D eigenvalue weighted by Gasteiger charge is -2.06. The van der Waals surface area contributed by atoms with E-state index >= 15 is 0 Å². The molecule has 0 heterocycles. The van der Waals surface area contributed by atoms with E-state index in [0.29, 0.717) is 10.0 Å². The predicted octanol–water partition coefficient (Wildman–Crippen LogP) is 2.66. The molecule has 0 unspecified atom stereocenters. The van der Waals surface area contributed by atoms with Crippen LogP contribution in [0.1, 0.15) is 33.2 Å². The Labute approximate surface area is 89.9 Å². The van der Waals surface area contributed by atoms with Crippen molar-refractivity contribution in [2.75, 3.05) is 0 Å². The van der Waals surface area contributed by atoms with Crippen molar-refractivity contribution in [1.82, 2.24) is 0 Å². The van der Waals surface area contributed by atoms with Gasteiger partial charge < -0.3 is 5.11 Å². The summed E-state index contributed by atoms with van der Waals surface area (Å²) in [5, 5.41) is 8.77. The predicted molar refractivity (Wildman–Crippen MR) is 55.8 cm³/mol. The van der Waals surface area contributed by atoms with Crippen molar-refractivity contribution in [1.29, 1.82) is 0 Å². The summed E-state index contributed by atoms with van der Waals surface area (Å²) in [6.07, 6.45) is 0. The number of carboxylic acid groups (broad SMARTS) is 1. The van der Waals surface area contributed by atoms with E-state index in [0.717, 1.165) is 5.56 Å². The molecule has 0 spiro atoms. The second kappa shape index (κ2) is 3.92. The Bertz CT molecular complexity index is 410. The van der Waals surface area contributed by atoms with Crippen molar-refractivity contribution in [3.63, 3.8) is 0 Å². The summed E-state index contributed by atoms with van der Waals surface area (Å²) in [7, 11) is 0. The number of ketones is 1. The van der Waals surface area contributed by atoms with Gasteiger partial charge in [-0.3, -0.25) is 4.79 Å². The Morgan fingerprint density at radius 1 is 1.36 bits per heavy atom. The van der Waals surface area contributed by atoms with Gasteiger partial charge in [0.15, 0.2) is 5.78 Å². The molecule has 14 heavy (non-hydrogen) atoms. The molecule has 1 rings (SSSR count). The van der Waals surface area contributed by atoms with Crippen molar-refractivity contribution in [3.8, 4) is 0 Å². The normalized spacial score (nSPS) is 9.93. The van der Waals surface area contributed by atoms with E-state index in [4.69, 9.17) is 5.11 Å². The van der Waals surface area contributed by atoms with Gasteiger partial charge >= 0.3 is 5.97 Å². The summed E-state index contributed by atoms with van der Waals surface area (Å²) in [5.41, 5.74) is 1.33. The van der Waals surface area contributed by atoms with Gasteiger partial charge in [-0.25, -0.2) is 4.79 Å². The molecule has 3 nitrogen and oxygen atoms in total. The molecule has 0 aliphatic carbocycles. The minimum Gasteiger partial charge on any atom is -0.478 e. The monoisotopic (exact) mass is 256 g/mol. The molecule has 0 amide bonds. The lowest BCUT2D eigenvalue weighted by Crippen LogP contribution is -2.03. The van der Waals surface area contributed by atoms with Crippen LogP contribution in [0.4, 0.5) is 0 Å². The maximum Gasteiger partial charge on any atom is 0.335 e. The summed E-state index contributed by atoms with van der Waals surface area (Å²) in [6.45, 7) is 3.19. The van der Waals surface area contributed by atoms with Crippen LogP contribution < -0.4 is 0 Å². The molecule has 0 saturated carbocycles. The van der Waals surface area contributed by atoms with Gasteiger partial charge in [-0.15, -0.1) is 0 Å². The SMILES string of the molecule is CC(=O)c1cc(C(=O)O)cc(Br)c1C. The number of carbonyl (C=O) groups excluding carboxylic acids is 1. The Hall–Kier alpha value is -1.16. The second-order valence-corrected chi connectivity index (χ2v) is 3.85. The highest BCUT2D eigenvalue weighted by Gasteiger charge is 2.12. The lowest BCUT2D eigenvalue weighted by molar-refractivity contribution is 0.0697. The van der Waals surface area contributed by atoms with Crippen molar-refractivity contribution in [2.24, 2.45) is 0 Å². The van der Waals surface area contributed by atoms with E-state index in [-0.39, 0.29) is 11.3 Å². The van der Waals surface area contributed by atoms with Crippen LogP contribution in [-0.2, 0) is 0 Å². The third-order valence-corrected chi connectivity index (χ3v) is 2.79. The summed E-state index contributed by atoms with van der Waals surface area (Å²) < 4.78 is 0.641. The number of hydrogen-bond donors (Lipinski definition) is 1. The quantitative estimate of drug-likeness (QED) is 0.828. The standard InChI is InChI=1S/C10H9BrO3/c1-5-8(6(2)12)3-7(10(13)14)4-9(5)11/h3-4H,1-2H3,(H,13,14). The Morgan fingerprint density at radius 2 is 1.93 bits per heavy atom. The molecule has 4 heteroatoms. The van der Waals surface area contributed by atoms with E-state index in [1.807, 2.05) is 0 Å². The summed E-state index contributed by atoms with van der Waals surface area (Å²) in [4.78, 5) is 21.9. The number of carbonyl (C=O) groups is 2. The zero-order chi connectivity index (χ0) is 10.9. The molecule has 1 aromatic carbocycles. The molecule has 1 aromatic rings. The lowest BCUT2D eigenvalue weighted by atomic mass is 10.0. The number of benzene rings is 1. The van der Waals surface area contributed by atoms with Crippen LogP contribution in [0.3, 0.4) is 0 Å². The first-order chi connectivity index (χ1) is 6.43. The number of rotatable bonds is 2. The Balaban J connectivity index is 3.43. The summed E-state index contributed by atoms with van der Waals surface area (Å²) >= 11 is 3.22. The van der Waals surface area contributed by atoms with Gasteiger partial charge in [0.1, 0.15) is 0 Å². The molecule has 74 valence electrons. The third-order valence-electron chi connectivity index (χ3n) is 1.97. The largest absolute Gasteiger partial charge is 0.478 e. The van der Waals surface area contributed by atoms with Gasteiger partial charge in [0.05, 0.1) is 5.56 Å². The molecule has 0 saturated heterocycles. The fraction of sp³-hybridized carbons (Fsp3) is 0.200. The molecular weight excluding hydrogens is 248 g/mol. The van der Waals surface area contributed by atoms with Crippen molar-refractivity contribution in [2.45, 2.75) is 13.8 Å². The fourth-order valence-electron chi connectivity index (χ4n) is 1.17. The van der Waals surface area contributed by atoms with E-state index in [2.05, 4.69) is 15.9 Å². The molecular formula is C10H9BrO3. The number of carboxylic acids is 1. The number of aromatic carboxylic acids is 1. The van der Waals surface area contributed by atoms with Gasteiger partial charge in [0.25, 0.3) is 0 Å². The third kappa shape index (κ3) is 2.01. The minimum absolute atomic E-state index is 0.118. The fourth-order valence-corrected chi connectivity index (χ4v) is 1.63. The van der Waals surface area contributed by atoms with E-state index in [1.54, 1.807) is 6.92 Å². The summed E-state index contributed by atoms with van der Waals surface area (Å²) in [6, 6.07) is 2.88. The van der Waals surface area contributed by atoms with Gasteiger partial charge in [-0.1, -0.05) is 15.9 Å². The molecule has 0 radical (unpaired) electrons. The Kier molecular flexibility index (Phi) is 3.06. The second-order valence-electron chi connectivity index (χ2n) is 2.99. The highest BCUT2D eigenvalue weighted by molar-refractivity contribution is 9.10. The number of halogens is 1. The molecule has 0 aliphatic heterocycles. The maximum atomic E-state index is 11.2. The topological polar surface area (TPSA) is 54.4 Å². The van der Waals surface area contributed by atoms with Crippen LogP contribution in [0.25, 0.3) is 0 Å². The summed E-state index contributed by atoms with van der Waals surface area (Å²) in [5.74, 6) is -1.17. The van der Waals surface area contributed by atoms with E-state index < -0.39 is 5.97 Å². The molecule has 0 aliphatic rings. The molecule has 0 aromatic heterocycles. The number of Topliss-reactive ketones (excluding diaryl/α,β-unsaturated/α-hetero) is 1. The van der Waals surface area contributed by atoms with Gasteiger partial charge in [0, 0.05) is 10.0 Å². The average Bonchev–Trinajstić information content (AvgIpc) is 2.08. The molecule has 1 N–H and O–H groups in total. The smallest absolute Gasteiger partial charge is 0.335 e. The van der Waals surface area contributed by atoms with Crippen LogP contribution in [0.5, 0.6) is 0 Å². The van der Waals surface area contributed by atoms with Gasteiger partial charge in [-0.05, 0) is 31.5 Å². The van der Waals surface area contributed by atoms with Gasteiger partial charge in [0.2, 0.25) is 0 Å². The van der Waals surface area contributed by atoms with Crippen molar-refractivity contribution >= 4 is 27.7 Å². The Morgan fingerprint density at radius 3 is 2.36 bits per heavy atom. The van der Waals surface area contributed by atoms with Crippen LogP contribution in [0, 0.1) is 6.92 Å². The van der Waals surface area contributed by atoms with Gasteiger partial charge in [-0.2, -0.15) is 0 Å². The first-order valence-corrected chi connectivity index (χ1v) is 4.77. The van der Waals surface area contributed by atoms with Crippen LogP contribution in [0.2, 0.25) is 0 Å².